The highest BCUT2D eigenvalue weighted by molar-refractivity contribution is 7.86. The van der Waals surface area contributed by atoms with Gasteiger partial charge in [0.1, 0.15) is 6.04 Å². The van der Waals surface area contributed by atoms with E-state index < -0.39 is 16.3 Å². The lowest BCUT2D eigenvalue weighted by Crippen LogP contribution is -2.56. The number of hydrogen-bond donors (Lipinski definition) is 0. The standard InChI is InChI=1S/C20H39N3O3S/c1-17(2)10-15-22(16-11-18(3)4)27(25,26)23-14-6-5-9-19(23)20(24)21-12-7-8-13-21/h17-19H,5-16H2,1-4H3. The summed E-state index contributed by atoms with van der Waals surface area (Å²) in [4.78, 5) is 14.9. The van der Waals surface area contributed by atoms with E-state index in [1.54, 1.807) is 4.31 Å². The molecule has 1 unspecified atom stereocenters. The third-order valence-electron chi connectivity index (χ3n) is 5.69. The smallest absolute Gasteiger partial charge is 0.282 e. The van der Waals surface area contributed by atoms with Gasteiger partial charge in [-0.2, -0.15) is 17.0 Å². The van der Waals surface area contributed by atoms with Crippen molar-refractivity contribution in [1.82, 2.24) is 13.5 Å². The summed E-state index contributed by atoms with van der Waals surface area (Å²) in [6.07, 6.45) is 6.16. The van der Waals surface area contributed by atoms with Crippen LogP contribution in [0.3, 0.4) is 0 Å². The van der Waals surface area contributed by atoms with Gasteiger partial charge < -0.3 is 4.90 Å². The SMILES string of the molecule is CC(C)CCN(CCC(C)C)S(=O)(=O)N1CCCCC1C(=O)N1CCCC1. The zero-order valence-electron chi connectivity index (χ0n) is 17.7. The van der Waals surface area contributed by atoms with E-state index in [-0.39, 0.29) is 5.91 Å². The minimum atomic E-state index is -3.62. The van der Waals surface area contributed by atoms with Crippen molar-refractivity contribution in [3.05, 3.63) is 0 Å². The molecule has 0 saturated carbocycles. The van der Waals surface area contributed by atoms with Crippen LogP contribution in [-0.2, 0) is 15.0 Å². The Labute approximate surface area is 166 Å². The number of likely N-dealkylation sites (tertiary alicyclic amines) is 1. The van der Waals surface area contributed by atoms with E-state index in [2.05, 4.69) is 27.7 Å². The maximum absolute atomic E-state index is 13.5. The predicted molar refractivity (Wildman–Crippen MR) is 110 cm³/mol. The molecule has 158 valence electrons. The van der Waals surface area contributed by atoms with E-state index >= 15 is 0 Å². The lowest BCUT2D eigenvalue weighted by Gasteiger charge is -2.39. The Morgan fingerprint density at radius 2 is 1.44 bits per heavy atom. The first kappa shape index (κ1) is 22.6. The minimum absolute atomic E-state index is 0.0171. The molecule has 0 aliphatic carbocycles. The number of carbonyl (C=O) groups is 1. The van der Waals surface area contributed by atoms with Gasteiger partial charge in [0.15, 0.2) is 0 Å². The Morgan fingerprint density at radius 1 is 0.926 bits per heavy atom. The average molecular weight is 402 g/mol. The quantitative estimate of drug-likeness (QED) is 0.596. The van der Waals surface area contributed by atoms with Crippen LogP contribution in [0.15, 0.2) is 0 Å². The fourth-order valence-corrected chi connectivity index (χ4v) is 5.72. The molecular formula is C20H39N3O3S. The first-order valence-corrected chi connectivity index (χ1v) is 12.2. The summed E-state index contributed by atoms with van der Waals surface area (Å²) in [7, 11) is -3.62. The fraction of sp³-hybridized carbons (Fsp3) is 0.950. The minimum Gasteiger partial charge on any atom is -0.341 e. The highest BCUT2D eigenvalue weighted by atomic mass is 32.2. The van der Waals surface area contributed by atoms with Gasteiger partial charge in [-0.15, -0.1) is 0 Å². The van der Waals surface area contributed by atoms with E-state index in [0.29, 0.717) is 37.9 Å². The summed E-state index contributed by atoms with van der Waals surface area (Å²) in [6, 6.07) is -0.512. The lowest BCUT2D eigenvalue weighted by atomic mass is 10.0. The zero-order chi connectivity index (χ0) is 20.0. The van der Waals surface area contributed by atoms with Gasteiger partial charge in [0, 0.05) is 32.7 Å². The monoisotopic (exact) mass is 401 g/mol. The summed E-state index contributed by atoms with van der Waals surface area (Å²) in [5.74, 6) is 0.915. The van der Waals surface area contributed by atoms with Crippen molar-refractivity contribution in [3.8, 4) is 0 Å². The first-order valence-electron chi connectivity index (χ1n) is 10.8. The van der Waals surface area contributed by atoms with Gasteiger partial charge in [-0.05, 0) is 50.4 Å². The Bertz CT molecular complexity index is 559. The molecule has 0 aromatic rings. The van der Waals surface area contributed by atoms with Crippen molar-refractivity contribution < 1.29 is 13.2 Å². The second-order valence-electron chi connectivity index (χ2n) is 8.93. The molecule has 2 aliphatic heterocycles. The summed E-state index contributed by atoms with van der Waals surface area (Å²) < 4.78 is 30.2. The van der Waals surface area contributed by atoms with Gasteiger partial charge in [0.2, 0.25) is 5.91 Å². The molecule has 2 aliphatic rings. The van der Waals surface area contributed by atoms with Crippen molar-refractivity contribution >= 4 is 16.1 Å². The molecule has 2 rings (SSSR count). The highest BCUT2D eigenvalue weighted by Gasteiger charge is 2.41. The molecule has 6 nitrogen and oxygen atoms in total. The van der Waals surface area contributed by atoms with E-state index in [9.17, 15) is 13.2 Å². The molecule has 0 spiro atoms. The Morgan fingerprint density at radius 3 is 1.96 bits per heavy atom. The molecule has 2 saturated heterocycles. The van der Waals surface area contributed by atoms with Crippen LogP contribution in [0.25, 0.3) is 0 Å². The van der Waals surface area contributed by atoms with Crippen molar-refractivity contribution in [3.63, 3.8) is 0 Å². The molecule has 1 amide bonds. The maximum Gasteiger partial charge on any atom is 0.282 e. The van der Waals surface area contributed by atoms with Gasteiger partial charge in [-0.3, -0.25) is 4.79 Å². The zero-order valence-corrected chi connectivity index (χ0v) is 18.5. The summed E-state index contributed by atoms with van der Waals surface area (Å²) in [6.45, 7) is 11.6. The van der Waals surface area contributed by atoms with Crippen molar-refractivity contribution in [2.24, 2.45) is 11.8 Å². The van der Waals surface area contributed by atoms with Gasteiger partial charge in [-0.25, -0.2) is 0 Å². The summed E-state index contributed by atoms with van der Waals surface area (Å²) in [5.41, 5.74) is 0. The lowest BCUT2D eigenvalue weighted by molar-refractivity contribution is -0.135. The molecule has 0 radical (unpaired) electrons. The van der Waals surface area contributed by atoms with Crippen LogP contribution >= 0.6 is 0 Å². The molecule has 7 heteroatoms. The molecule has 2 fully saturated rings. The number of carbonyl (C=O) groups excluding carboxylic acids is 1. The Balaban J connectivity index is 2.19. The third kappa shape index (κ3) is 6.16. The van der Waals surface area contributed by atoms with E-state index in [4.69, 9.17) is 0 Å². The molecular weight excluding hydrogens is 362 g/mol. The van der Waals surface area contributed by atoms with Crippen LogP contribution in [-0.4, -0.2) is 66.6 Å². The van der Waals surface area contributed by atoms with E-state index in [1.165, 1.54) is 4.31 Å². The molecule has 0 N–H and O–H groups in total. The van der Waals surface area contributed by atoms with Crippen LogP contribution in [0.4, 0.5) is 0 Å². The predicted octanol–water partition coefficient (Wildman–Crippen LogP) is 3.10. The van der Waals surface area contributed by atoms with Crippen LogP contribution in [0.2, 0.25) is 0 Å². The molecule has 1 atom stereocenters. The maximum atomic E-state index is 13.5. The first-order chi connectivity index (χ1) is 12.7. The van der Waals surface area contributed by atoms with E-state index in [1.807, 2.05) is 4.90 Å². The Kier molecular flexibility index (Phi) is 8.56. The van der Waals surface area contributed by atoms with Crippen molar-refractivity contribution in [2.45, 2.75) is 78.7 Å². The molecule has 2 heterocycles. The number of amides is 1. The summed E-state index contributed by atoms with van der Waals surface area (Å²) in [5, 5.41) is 0. The van der Waals surface area contributed by atoms with Crippen molar-refractivity contribution in [2.75, 3.05) is 32.7 Å². The van der Waals surface area contributed by atoms with Crippen molar-refractivity contribution in [1.29, 1.82) is 0 Å². The van der Waals surface area contributed by atoms with Gasteiger partial charge in [-0.1, -0.05) is 34.1 Å². The van der Waals surface area contributed by atoms with Crippen LogP contribution in [0, 0.1) is 11.8 Å². The molecule has 0 aromatic carbocycles. The second kappa shape index (κ2) is 10.2. The number of hydrogen-bond acceptors (Lipinski definition) is 3. The van der Waals surface area contributed by atoms with Crippen LogP contribution in [0.5, 0.6) is 0 Å². The molecule has 0 bridgehead atoms. The van der Waals surface area contributed by atoms with Gasteiger partial charge in [0.25, 0.3) is 10.2 Å². The molecule has 27 heavy (non-hydrogen) atoms. The summed E-state index contributed by atoms with van der Waals surface area (Å²) >= 11 is 0. The van der Waals surface area contributed by atoms with E-state index in [0.717, 1.165) is 51.6 Å². The highest BCUT2D eigenvalue weighted by Crippen LogP contribution is 2.26. The fourth-order valence-electron chi connectivity index (χ4n) is 3.87. The van der Waals surface area contributed by atoms with Gasteiger partial charge >= 0.3 is 0 Å². The van der Waals surface area contributed by atoms with Gasteiger partial charge in [0.05, 0.1) is 0 Å². The topological polar surface area (TPSA) is 60.9 Å². The van der Waals surface area contributed by atoms with Crippen LogP contribution in [0.1, 0.15) is 72.6 Å². The number of piperidine rings is 1. The third-order valence-corrected chi connectivity index (χ3v) is 7.74. The average Bonchev–Trinajstić information content (AvgIpc) is 3.15. The Hall–Kier alpha value is -0.660. The second-order valence-corrected chi connectivity index (χ2v) is 10.8. The number of nitrogens with zero attached hydrogens (tertiary/aromatic N) is 3. The molecule has 0 aromatic heterocycles. The normalized spacial score (nSPS) is 22.3. The van der Waals surface area contributed by atoms with Crippen LogP contribution < -0.4 is 0 Å². The number of rotatable bonds is 9. The largest absolute Gasteiger partial charge is 0.341 e.